The molecule has 0 bridgehead atoms. The number of hydrogen-bond acceptors (Lipinski definition) is 4. The molecule has 160 valence electrons. The van der Waals surface area contributed by atoms with Crippen LogP contribution in [0.25, 0.3) is 0 Å². The van der Waals surface area contributed by atoms with Gasteiger partial charge in [0.05, 0.1) is 12.2 Å². The predicted molar refractivity (Wildman–Crippen MR) is 118 cm³/mol. The van der Waals surface area contributed by atoms with Crippen LogP contribution in [0.3, 0.4) is 0 Å². The molecule has 1 aliphatic rings. The number of benzene rings is 2. The Morgan fingerprint density at radius 1 is 1.03 bits per heavy atom. The van der Waals surface area contributed by atoms with Crippen molar-refractivity contribution in [2.45, 2.75) is 52.5 Å². The zero-order valence-corrected chi connectivity index (χ0v) is 18.0. The van der Waals surface area contributed by atoms with Crippen LogP contribution in [0.2, 0.25) is 0 Å². The standard InChI is InChI=1S/C24H31N3O3/c1-4-23(28)26-22-7-5-6-21(12-22)24(29)25-13-19-8-10-20(11-9-19)16-27-14-17(2)30-18(3)15-27/h5-12,17-18H,4,13-16H2,1-3H3,(H,25,29)(H,26,28). The molecule has 0 aromatic heterocycles. The van der Waals surface area contributed by atoms with Crippen LogP contribution in [0.4, 0.5) is 5.69 Å². The first kappa shape index (κ1) is 22.0. The monoisotopic (exact) mass is 409 g/mol. The first-order chi connectivity index (χ1) is 14.4. The van der Waals surface area contributed by atoms with E-state index >= 15 is 0 Å². The topological polar surface area (TPSA) is 70.7 Å². The van der Waals surface area contributed by atoms with Gasteiger partial charge in [0.1, 0.15) is 0 Å². The zero-order chi connectivity index (χ0) is 21.5. The van der Waals surface area contributed by atoms with Crippen LogP contribution in [0.5, 0.6) is 0 Å². The maximum Gasteiger partial charge on any atom is 0.251 e. The lowest BCUT2D eigenvalue weighted by atomic mass is 10.1. The first-order valence-electron chi connectivity index (χ1n) is 10.6. The molecule has 2 aromatic rings. The summed E-state index contributed by atoms with van der Waals surface area (Å²) >= 11 is 0. The highest BCUT2D eigenvalue weighted by molar-refractivity contribution is 5.97. The van der Waals surface area contributed by atoms with E-state index in [0.29, 0.717) is 24.2 Å². The Morgan fingerprint density at radius 2 is 1.70 bits per heavy atom. The molecule has 0 spiro atoms. The van der Waals surface area contributed by atoms with Gasteiger partial charge in [0.15, 0.2) is 0 Å². The Kier molecular flexibility index (Phi) is 7.60. The second-order valence-corrected chi connectivity index (χ2v) is 7.93. The molecule has 2 atom stereocenters. The number of nitrogens with one attached hydrogen (secondary N) is 2. The minimum Gasteiger partial charge on any atom is -0.373 e. The maximum atomic E-state index is 12.5. The van der Waals surface area contributed by atoms with E-state index in [4.69, 9.17) is 4.74 Å². The van der Waals surface area contributed by atoms with Gasteiger partial charge in [-0.25, -0.2) is 0 Å². The number of rotatable bonds is 7. The van der Waals surface area contributed by atoms with E-state index in [2.05, 4.69) is 53.6 Å². The Morgan fingerprint density at radius 3 is 2.37 bits per heavy atom. The molecule has 30 heavy (non-hydrogen) atoms. The second-order valence-electron chi connectivity index (χ2n) is 7.93. The summed E-state index contributed by atoms with van der Waals surface area (Å²) < 4.78 is 5.79. The molecule has 0 aliphatic carbocycles. The van der Waals surface area contributed by atoms with Crippen LogP contribution in [-0.2, 0) is 22.6 Å². The van der Waals surface area contributed by atoms with Crippen molar-refractivity contribution in [3.8, 4) is 0 Å². The molecule has 6 heteroatoms. The summed E-state index contributed by atoms with van der Waals surface area (Å²) in [5, 5.41) is 5.72. The summed E-state index contributed by atoms with van der Waals surface area (Å²) in [6, 6.07) is 15.3. The highest BCUT2D eigenvalue weighted by Gasteiger charge is 2.21. The Balaban J connectivity index is 1.52. The first-order valence-corrected chi connectivity index (χ1v) is 10.6. The summed E-state index contributed by atoms with van der Waals surface area (Å²) in [4.78, 5) is 26.4. The van der Waals surface area contributed by atoms with Crippen LogP contribution in [0.1, 0.15) is 48.7 Å². The van der Waals surface area contributed by atoms with E-state index in [1.807, 2.05) is 0 Å². The van der Waals surface area contributed by atoms with E-state index in [1.54, 1.807) is 31.2 Å². The normalized spacial score (nSPS) is 19.3. The van der Waals surface area contributed by atoms with Gasteiger partial charge >= 0.3 is 0 Å². The third kappa shape index (κ3) is 6.40. The van der Waals surface area contributed by atoms with Crippen molar-refractivity contribution in [3.05, 3.63) is 65.2 Å². The Hall–Kier alpha value is -2.70. The van der Waals surface area contributed by atoms with Crippen molar-refractivity contribution in [1.29, 1.82) is 0 Å². The molecule has 0 radical (unpaired) electrons. The fraction of sp³-hybridized carbons (Fsp3) is 0.417. The van der Waals surface area contributed by atoms with E-state index < -0.39 is 0 Å². The fourth-order valence-electron chi connectivity index (χ4n) is 3.71. The van der Waals surface area contributed by atoms with Gasteiger partial charge in [-0.2, -0.15) is 0 Å². The summed E-state index contributed by atoms with van der Waals surface area (Å²) in [6.45, 7) is 9.26. The van der Waals surface area contributed by atoms with Crippen molar-refractivity contribution in [2.75, 3.05) is 18.4 Å². The number of nitrogens with zero attached hydrogens (tertiary/aromatic N) is 1. The number of morpholine rings is 1. The molecule has 2 aromatic carbocycles. The summed E-state index contributed by atoms with van der Waals surface area (Å²) in [7, 11) is 0. The highest BCUT2D eigenvalue weighted by Crippen LogP contribution is 2.15. The molecule has 2 N–H and O–H groups in total. The molecule has 2 unspecified atom stereocenters. The molecule has 3 rings (SSSR count). The minimum absolute atomic E-state index is 0.0753. The Labute approximate surface area is 178 Å². The van der Waals surface area contributed by atoms with Crippen LogP contribution in [-0.4, -0.2) is 42.0 Å². The largest absolute Gasteiger partial charge is 0.373 e. The smallest absolute Gasteiger partial charge is 0.251 e. The summed E-state index contributed by atoms with van der Waals surface area (Å²) in [5.41, 5.74) is 3.46. The van der Waals surface area contributed by atoms with Gasteiger partial charge in [-0.05, 0) is 43.2 Å². The molecular formula is C24H31N3O3. The molecule has 1 heterocycles. The lowest BCUT2D eigenvalue weighted by Crippen LogP contribution is -2.44. The quantitative estimate of drug-likeness (QED) is 0.733. The number of carbonyl (C=O) groups excluding carboxylic acids is 2. The van der Waals surface area contributed by atoms with Crippen molar-refractivity contribution >= 4 is 17.5 Å². The van der Waals surface area contributed by atoms with Crippen molar-refractivity contribution in [2.24, 2.45) is 0 Å². The molecule has 1 saturated heterocycles. The van der Waals surface area contributed by atoms with Gasteiger partial charge in [0.2, 0.25) is 5.91 Å². The maximum absolute atomic E-state index is 12.5. The van der Waals surface area contributed by atoms with Gasteiger partial charge in [-0.15, -0.1) is 0 Å². The van der Waals surface area contributed by atoms with Gasteiger partial charge in [0, 0.05) is 43.9 Å². The van der Waals surface area contributed by atoms with Gasteiger partial charge in [-0.1, -0.05) is 37.3 Å². The van der Waals surface area contributed by atoms with Crippen LogP contribution in [0.15, 0.2) is 48.5 Å². The number of carbonyl (C=O) groups is 2. The fourth-order valence-corrected chi connectivity index (χ4v) is 3.71. The second kappa shape index (κ2) is 10.4. The minimum atomic E-state index is -0.164. The third-order valence-corrected chi connectivity index (χ3v) is 5.11. The third-order valence-electron chi connectivity index (χ3n) is 5.11. The van der Waals surface area contributed by atoms with Gasteiger partial charge in [0.25, 0.3) is 5.91 Å². The average molecular weight is 410 g/mol. The van der Waals surface area contributed by atoms with Gasteiger partial charge < -0.3 is 15.4 Å². The molecular weight excluding hydrogens is 378 g/mol. The molecule has 6 nitrogen and oxygen atoms in total. The SMILES string of the molecule is CCC(=O)Nc1cccc(C(=O)NCc2ccc(CN3CC(C)OC(C)C3)cc2)c1. The van der Waals surface area contributed by atoms with Crippen molar-refractivity contribution in [3.63, 3.8) is 0 Å². The zero-order valence-electron chi connectivity index (χ0n) is 18.0. The Bertz CT molecular complexity index is 856. The summed E-state index contributed by atoms with van der Waals surface area (Å²) in [5.74, 6) is -0.239. The van der Waals surface area contributed by atoms with Crippen LogP contribution < -0.4 is 10.6 Å². The van der Waals surface area contributed by atoms with Crippen LogP contribution >= 0.6 is 0 Å². The van der Waals surface area contributed by atoms with E-state index in [1.165, 1.54) is 5.56 Å². The lowest BCUT2D eigenvalue weighted by Gasteiger charge is -2.35. The number of ether oxygens (including phenoxy) is 1. The number of anilines is 1. The van der Waals surface area contributed by atoms with E-state index in [-0.39, 0.29) is 24.0 Å². The number of amides is 2. The molecule has 0 saturated carbocycles. The van der Waals surface area contributed by atoms with Crippen molar-refractivity contribution < 1.29 is 14.3 Å². The molecule has 2 amide bonds. The van der Waals surface area contributed by atoms with Crippen molar-refractivity contribution in [1.82, 2.24) is 10.2 Å². The number of hydrogen-bond donors (Lipinski definition) is 2. The molecule has 1 fully saturated rings. The van der Waals surface area contributed by atoms with E-state index in [0.717, 1.165) is 25.2 Å². The molecule has 1 aliphatic heterocycles. The average Bonchev–Trinajstić information content (AvgIpc) is 2.72. The van der Waals surface area contributed by atoms with Gasteiger partial charge in [-0.3, -0.25) is 14.5 Å². The van der Waals surface area contributed by atoms with Crippen LogP contribution in [0, 0.1) is 0 Å². The summed E-state index contributed by atoms with van der Waals surface area (Å²) in [6.07, 6.45) is 0.921. The lowest BCUT2D eigenvalue weighted by molar-refractivity contribution is -0.115. The predicted octanol–water partition coefficient (Wildman–Crippen LogP) is 3.57. The van der Waals surface area contributed by atoms with E-state index in [9.17, 15) is 9.59 Å². The highest BCUT2D eigenvalue weighted by atomic mass is 16.5.